The van der Waals surface area contributed by atoms with Gasteiger partial charge in [-0.05, 0) is 68.3 Å². The Morgan fingerprint density at radius 1 is 1.14 bits per heavy atom. The highest BCUT2D eigenvalue weighted by Gasteiger charge is 2.33. The van der Waals surface area contributed by atoms with E-state index >= 15 is 0 Å². The number of terminal acetylenes is 1. The Morgan fingerprint density at radius 2 is 1.88 bits per heavy atom. The molecule has 0 saturated heterocycles. The Kier molecular flexibility index (Phi) is 8.79. The summed E-state index contributed by atoms with van der Waals surface area (Å²) in [7, 11) is 1.58. The quantitative estimate of drug-likeness (QED) is 0.261. The number of nitrogens with zero attached hydrogens (tertiary/aromatic N) is 2. The number of carbonyl (C=O) groups excluding carboxylic acids is 1. The van der Waals surface area contributed by atoms with E-state index in [1.54, 1.807) is 44.4 Å². The number of nitrogens with one attached hydrogen (secondary N) is 1. The van der Waals surface area contributed by atoms with Crippen LogP contribution in [0.4, 0.5) is 5.69 Å². The van der Waals surface area contributed by atoms with E-state index in [1.807, 2.05) is 44.2 Å². The summed E-state index contributed by atoms with van der Waals surface area (Å²) in [6, 6.07) is 15.5. The average Bonchev–Trinajstić information content (AvgIpc) is 3.27. The van der Waals surface area contributed by atoms with Gasteiger partial charge in [0.15, 0.2) is 4.80 Å². The minimum Gasteiger partial charge on any atom is -0.497 e. The number of amides is 1. The van der Waals surface area contributed by atoms with Gasteiger partial charge < -0.3 is 14.8 Å². The molecule has 0 aliphatic carbocycles. The summed E-state index contributed by atoms with van der Waals surface area (Å²) in [5, 5.41) is 3.67. The normalized spacial score (nSPS) is 14.5. The number of fused-ring (bicyclic) bond motifs is 1. The highest BCUT2D eigenvalue weighted by atomic mass is 35.5. The molecule has 4 aromatic rings. The number of ether oxygens (including phenoxy) is 2. The van der Waals surface area contributed by atoms with Crippen molar-refractivity contribution in [3.63, 3.8) is 0 Å². The van der Waals surface area contributed by atoms with Crippen LogP contribution in [0.1, 0.15) is 35.2 Å². The number of benzene rings is 3. The zero-order chi connectivity index (χ0) is 30.8. The number of halogens is 2. The molecular formula is C33H27Cl2N3O4S. The van der Waals surface area contributed by atoms with Gasteiger partial charge in [0, 0.05) is 16.3 Å². The van der Waals surface area contributed by atoms with Crippen LogP contribution in [0.25, 0.3) is 6.08 Å². The van der Waals surface area contributed by atoms with Crippen molar-refractivity contribution in [3.8, 4) is 23.8 Å². The lowest BCUT2D eigenvalue weighted by molar-refractivity contribution is -0.113. The maximum Gasteiger partial charge on any atom is 0.271 e. The molecule has 0 unspecified atom stereocenters. The molecule has 0 bridgehead atoms. The van der Waals surface area contributed by atoms with Crippen molar-refractivity contribution < 1.29 is 14.3 Å². The van der Waals surface area contributed by atoms with Gasteiger partial charge in [0.2, 0.25) is 0 Å². The van der Waals surface area contributed by atoms with Gasteiger partial charge in [-0.2, -0.15) is 0 Å². The first kappa shape index (κ1) is 30.2. The maximum atomic E-state index is 14.1. The van der Waals surface area contributed by atoms with Gasteiger partial charge in [-0.15, -0.1) is 6.42 Å². The molecule has 1 N–H and O–H groups in total. The van der Waals surface area contributed by atoms with Crippen molar-refractivity contribution in [3.05, 3.63) is 118 Å². The molecule has 0 radical (unpaired) electrons. The van der Waals surface area contributed by atoms with Gasteiger partial charge >= 0.3 is 0 Å². The summed E-state index contributed by atoms with van der Waals surface area (Å²) < 4.78 is 12.9. The summed E-state index contributed by atoms with van der Waals surface area (Å²) in [5.41, 5.74) is 4.41. The number of aromatic nitrogens is 1. The number of methoxy groups -OCH3 is 1. The zero-order valence-corrected chi connectivity index (χ0v) is 26.2. The van der Waals surface area contributed by atoms with Gasteiger partial charge in [-0.3, -0.25) is 14.2 Å². The molecule has 218 valence electrons. The molecule has 0 spiro atoms. The number of allylic oxidation sites excluding steroid dienone is 1. The van der Waals surface area contributed by atoms with Crippen LogP contribution in [0.15, 0.2) is 75.7 Å². The van der Waals surface area contributed by atoms with E-state index in [-0.39, 0.29) is 23.1 Å². The van der Waals surface area contributed by atoms with Crippen molar-refractivity contribution >= 4 is 52.2 Å². The summed E-state index contributed by atoms with van der Waals surface area (Å²) in [4.78, 5) is 33.2. The molecule has 2 heterocycles. The topological polar surface area (TPSA) is 81.9 Å². The van der Waals surface area contributed by atoms with E-state index < -0.39 is 6.04 Å². The van der Waals surface area contributed by atoms with Crippen LogP contribution in [0, 0.1) is 26.2 Å². The SMILES string of the molecule is C#CCOc1c(Cl)cc(Cl)cc1/C=c1\sc2n(c1=O)[C@@H](c1ccc(OC)cc1)C(C(=O)Nc1ccc(C)cc1C)=C(C)N=2. The monoisotopic (exact) mass is 631 g/mol. The molecule has 0 saturated carbocycles. The molecule has 5 rings (SSSR count). The second-order valence-corrected chi connectivity index (χ2v) is 11.8. The fourth-order valence-electron chi connectivity index (χ4n) is 4.95. The van der Waals surface area contributed by atoms with E-state index in [0.717, 1.165) is 16.7 Å². The van der Waals surface area contributed by atoms with Crippen molar-refractivity contribution in [2.24, 2.45) is 4.99 Å². The first-order chi connectivity index (χ1) is 20.6. The molecular weight excluding hydrogens is 605 g/mol. The third-order valence-corrected chi connectivity index (χ3v) is 8.43. The Labute approximate surface area is 262 Å². The van der Waals surface area contributed by atoms with Crippen LogP contribution in [0.5, 0.6) is 11.5 Å². The molecule has 1 atom stereocenters. The zero-order valence-electron chi connectivity index (χ0n) is 23.8. The lowest BCUT2D eigenvalue weighted by atomic mass is 9.95. The Balaban J connectivity index is 1.68. The molecule has 0 fully saturated rings. The summed E-state index contributed by atoms with van der Waals surface area (Å²) in [5.74, 6) is 3.03. The number of thiazole rings is 1. The van der Waals surface area contributed by atoms with Crippen molar-refractivity contribution in [1.29, 1.82) is 0 Å². The van der Waals surface area contributed by atoms with E-state index in [1.165, 1.54) is 15.9 Å². The van der Waals surface area contributed by atoms with Gasteiger partial charge in [0.25, 0.3) is 11.5 Å². The maximum absolute atomic E-state index is 14.1. The Hall–Kier alpha value is -4.29. The number of aryl methyl sites for hydroxylation is 2. The Bertz CT molecular complexity index is 2000. The van der Waals surface area contributed by atoms with Crippen LogP contribution in [-0.2, 0) is 4.79 Å². The number of hydrogen-bond donors (Lipinski definition) is 1. The van der Waals surface area contributed by atoms with Gasteiger partial charge in [0.1, 0.15) is 18.1 Å². The summed E-state index contributed by atoms with van der Waals surface area (Å²) >= 11 is 13.9. The molecule has 1 aliphatic heterocycles. The van der Waals surface area contributed by atoms with Gasteiger partial charge in [-0.25, -0.2) is 4.99 Å². The third-order valence-electron chi connectivity index (χ3n) is 6.95. The summed E-state index contributed by atoms with van der Waals surface area (Å²) in [6.07, 6.45) is 7.03. The standard InChI is InChI=1S/C33H27Cl2N3O4S/c1-6-13-42-30-22(15-23(34)17-25(30)35)16-27-32(40)38-29(21-8-10-24(41-5)11-9-21)28(20(4)36-33(38)43-27)31(39)37-26-12-7-18(2)14-19(26)3/h1,7-12,14-17,29H,13H2,2-5H3,(H,37,39)/b27-16-/t29-/m0/s1. The van der Waals surface area contributed by atoms with Crippen molar-refractivity contribution in [1.82, 2.24) is 4.57 Å². The van der Waals surface area contributed by atoms with Crippen LogP contribution in [-0.4, -0.2) is 24.2 Å². The van der Waals surface area contributed by atoms with E-state index in [2.05, 4.69) is 11.2 Å². The first-order valence-electron chi connectivity index (χ1n) is 13.2. The smallest absolute Gasteiger partial charge is 0.271 e. The Morgan fingerprint density at radius 3 is 2.56 bits per heavy atom. The van der Waals surface area contributed by atoms with Crippen molar-refractivity contribution in [2.45, 2.75) is 26.8 Å². The predicted molar refractivity (Wildman–Crippen MR) is 172 cm³/mol. The number of carbonyl (C=O) groups is 1. The molecule has 1 aliphatic rings. The second-order valence-electron chi connectivity index (χ2n) is 9.93. The summed E-state index contributed by atoms with van der Waals surface area (Å²) in [6.45, 7) is 5.68. The largest absolute Gasteiger partial charge is 0.497 e. The first-order valence-corrected chi connectivity index (χ1v) is 14.8. The highest BCUT2D eigenvalue weighted by molar-refractivity contribution is 7.07. The molecule has 10 heteroatoms. The van der Waals surface area contributed by atoms with Crippen LogP contribution < -0.4 is 29.7 Å². The number of hydrogen-bond acceptors (Lipinski definition) is 6. The third kappa shape index (κ3) is 6.11. The lowest BCUT2D eigenvalue weighted by Crippen LogP contribution is -2.40. The molecule has 1 aromatic heterocycles. The minimum atomic E-state index is -0.754. The van der Waals surface area contributed by atoms with Crippen LogP contribution >= 0.6 is 34.5 Å². The van der Waals surface area contributed by atoms with Crippen LogP contribution in [0.3, 0.4) is 0 Å². The van der Waals surface area contributed by atoms with Gasteiger partial charge in [-0.1, -0.05) is 70.3 Å². The minimum absolute atomic E-state index is 0.0148. The fourth-order valence-corrected chi connectivity index (χ4v) is 6.55. The second kappa shape index (κ2) is 12.5. The average molecular weight is 633 g/mol. The molecule has 1 amide bonds. The number of anilines is 1. The fraction of sp³-hybridized carbons (Fsp3) is 0.182. The number of rotatable bonds is 7. The molecule has 3 aromatic carbocycles. The van der Waals surface area contributed by atoms with Gasteiger partial charge in [0.05, 0.1) is 34.0 Å². The van der Waals surface area contributed by atoms with Crippen molar-refractivity contribution in [2.75, 3.05) is 19.0 Å². The van der Waals surface area contributed by atoms with E-state index in [9.17, 15) is 9.59 Å². The van der Waals surface area contributed by atoms with E-state index in [4.69, 9.17) is 44.1 Å². The predicted octanol–water partition coefficient (Wildman–Crippen LogP) is 5.82. The highest BCUT2D eigenvalue weighted by Crippen LogP contribution is 2.34. The van der Waals surface area contributed by atoms with Crippen LogP contribution in [0.2, 0.25) is 10.0 Å². The lowest BCUT2D eigenvalue weighted by Gasteiger charge is -2.25. The molecule has 43 heavy (non-hydrogen) atoms. The molecule has 7 nitrogen and oxygen atoms in total. The van der Waals surface area contributed by atoms with E-state index in [0.29, 0.717) is 48.4 Å².